The average molecular weight is 676 g/mol. The lowest BCUT2D eigenvalue weighted by molar-refractivity contribution is 0.0987. The topological polar surface area (TPSA) is 229 Å². The summed E-state index contributed by atoms with van der Waals surface area (Å²) in [5.74, 6) is 0.892. The van der Waals surface area contributed by atoms with E-state index in [4.69, 9.17) is 11.5 Å². The second-order valence-electron chi connectivity index (χ2n) is 12.5. The Morgan fingerprint density at radius 3 is 1.56 bits per heavy atom. The van der Waals surface area contributed by atoms with Gasteiger partial charge < -0.3 is 40.7 Å². The Morgan fingerprint density at radius 2 is 1.08 bits per heavy atom. The minimum Gasteiger partial charge on any atom is -0.423 e. The first kappa shape index (κ1) is 35.9. The van der Waals surface area contributed by atoms with Crippen molar-refractivity contribution in [2.24, 2.45) is 11.5 Å². The normalized spacial score (nSPS) is 11.2. The van der Waals surface area contributed by atoms with Crippen molar-refractivity contribution in [1.29, 1.82) is 0 Å². The van der Waals surface area contributed by atoms with E-state index in [0.717, 1.165) is 28.3 Å². The monoisotopic (exact) mass is 676 g/mol. The molecular weight excluding hydrogens is 638 g/mol. The summed E-state index contributed by atoms with van der Waals surface area (Å²) >= 11 is 0. The van der Waals surface area contributed by atoms with Crippen LogP contribution in [0.3, 0.4) is 0 Å². The number of pyridine rings is 2. The highest BCUT2D eigenvalue weighted by Crippen LogP contribution is 2.24. The molecule has 0 spiro atoms. The van der Waals surface area contributed by atoms with Crippen LogP contribution >= 0.6 is 0 Å². The van der Waals surface area contributed by atoms with Crippen LogP contribution in [-0.4, -0.2) is 75.2 Å². The van der Waals surface area contributed by atoms with E-state index in [1.54, 1.807) is 48.5 Å². The molecule has 50 heavy (non-hydrogen) atoms. The number of carbonyl (C=O) groups excluding carboxylic acids is 2. The van der Waals surface area contributed by atoms with Crippen LogP contribution in [0, 0.1) is 0 Å². The van der Waals surface area contributed by atoms with E-state index in [2.05, 4.69) is 19.9 Å². The first-order valence-corrected chi connectivity index (χ1v) is 16.0. The lowest BCUT2D eigenvalue weighted by Crippen LogP contribution is -2.29. The molecule has 0 saturated carbocycles. The molecule has 0 unspecified atom stereocenters. The molecule has 4 aromatic heterocycles. The third-order valence-corrected chi connectivity index (χ3v) is 8.04. The zero-order valence-corrected chi connectivity index (χ0v) is 28.1. The summed E-state index contributed by atoms with van der Waals surface area (Å²) in [6.45, 7) is 9.22. The molecule has 0 fully saturated rings. The van der Waals surface area contributed by atoms with E-state index < -0.39 is 26.1 Å². The predicted octanol–water partition coefficient (Wildman–Crippen LogP) is 0.763. The van der Waals surface area contributed by atoms with Gasteiger partial charge in [-0.15, -0.1) is 0 Å². The Hall–Kier alpha value is -5.41. The number of nitrogens with zero attached hydrogens (tertiary/aromatic N) is 6. The van der Waals surface area contributed by atoms with Crippen molar-refractivity contribution in [3.8, 4) is 0 Å². The number of nitrogens with two attached hydrogens (primary N) is 2. The Kier molecular flexibility index (Phi) is 10.8. The lowest BCUT2D eigenvalue weighted by Gasteiger charge is -2.12. The largest absolute Gasteiger partial charge is 0.488 e. The summed E-state index contributed by atoms with van der Waals surface area (Å²) in [5, 5.41) is 36.8. The molecule has 0 atom stereocenters. The van der Waals surface area contributed by atoms with Crippen LogP contribution in [0.25, 0.3) is 22.3 Å². The zero-order valence-electron chi connectivity index (χ0n) is 28.1. The summed E-state index contributed by atoms with van der Waals surface area (Å²) in [6.07, 6.45) is 0. The van der Waals surface area contributed by atoms with Crippen LogP contribution < -0.4 is 22.4 Å². The maximum absolute atomic E-state index is 11.4. The van der Waals surface area contributed by atoms with Crippen LogP contribution in [0.4, 0.5) is 0 Å². The van der Waals surface area contributed by atoms with Crippen molar-refractivity contribution >= 4 is 59.3 Å². The van der Waals surface area contributed by atoms with Crippen LogP contribution in [0.2, 0.25) is 0 Å². The van der Waals surface area contributed by atoms with Crippen molar-refractivity contribution < 1.29 is 29.7 Å². The quantitative estimate of drug-likeness (QED) is 0.112. The summed E-state index contributed by atoms with van der Waals surface area (Å²) in [4.78, 5) is 40.6. The van der Waals surface area contributed by atoms with Crippen molar-refractivity contribution in [2.45, 2.75) is 52.6 Å². The molecule has 4 heterocycles. The van der Waals surface area contributed by atoms with Crippen LogP contribution in [-0.2, 0) is 13.1 Å². The molecule has 0 saturated heterocycles. The van der Waals surface area contributed by atoms with Gasteiger partial charge in [0.2, 0.25) is 0 Å². The number of carbonyl (C=O) groups is 2. The number of rotatable bonds is 10. The van der Waals surface area contributed by atoms with E-state index in [0.29, 0.717) is 40.8 Å². The summed E-state index contributed by atoms with van der Waals surface area (Å²) in [7, 11) is -2.97. The molecule has 256 valence electrons. The maximum Gasteiger partial charge on any atom is 0.488 e. The average Bonchev–Trinajstić information content (AvgIpc) is 3.63. The molecule has 14 nitrogen and oxygen atoms in total. The Balaban J connectivity index is 0.000000194. The van der Waals surface area contributed by atoms with Gasteiger partial charge in [0.25, 0.3) is 11.8 Å². The van der Waals surface area contributed by atoms with Crippen molar-refractivity contribution in [3.63, 3.8) is 0 Å². The Bertz CT molecular complexity index is 2140. The van der Waals surface area contributed by atoms with Gasteiger partial charge in [0.1, 0.15) is 28.6 Å². The third-order valence-electron chi connectivity index (χ3n) is 8.04. The molecule has 0 radical (unpaired) electrons. The summed E-state index contributed by atoms with van der Waals surface area (Å²) in [5.41, 5.74) is 16.5. The van der Waals surface area contributed by atoms with Gasteiger partial charge in [-0.25, -0.2) is 19.9 Å². The lowest BCUT2D eigenvalue weighted by atomic mass is 9.80. The van der Waals surface area contributed by atoms with E-state index >= 15 is 0 Å². The molecule has 0 aliphatic rings. The Morgan fingerprint density at radius 1 is 0.620 bits per heavy atom. The number of fused-ring (bicyclic) bond motifs is 2. The minimum atomic E-state index is -1.49. The zero-order chi connectivity index (χ0) is 36.3. The van der Waals surface area contributed by atoms with Gasteiger partial charge in [-0.3, -0.25) is 9.59 Å². The fourth-order valence-corrected chi connectivity index (χ4v) is 5.48. The number of imidazole rings is 2. The molecule has 2 aromatic carbocycles. The van der Waals surface area contributed by atoms with Crippen molar-refractivity contribution in [2.75, 3.05) is 0 Å². The van der Waals surface area contributed by atoms with Gasteiger partial charge in [0.05, 0.1) is 12.1 Å². The molecule has 0 bridgehead atoms. The number of hydrogen-bond donors (Lipinski definition) is 6. The number of benzene rings is 2. The van der Waals surface area contributed by atoms with E-state index in [9.17, 15) is 29.7 Å². The number of aromatic nitrogens is 6. The smallest absolute Gasteiger partial charge is 0.423 e. The van der Waals surface area contributed by atoms with Crippen molar-refractivity contribution in [1.82, 2.24) is 29.1 Å². The molecular formula is C34H38B2N8O6. The fraction of sp³-hybridized carbons (Fsp3) is 0.235. The highest BCUT2D eigenvalue weighted by Gasteiger charge is 2.19. The maximum atomic E-state index is 11.4. The highest BCUT2D eigenvalue weighted by atomic mass is 16.4. The number of hydrogen-bond acceptors (Lipinski definition) is 10. The van der Waals surface area contributed by atoms with Gasteiger partial charge in [-0.2, -0.15) is 0 Å². The molecule has 0 aliphatic heterocycles. The number of amides is 2. The van der Waals surface area contributed by atoms with Gasteiger partial charge in [0.15, 0.2) is 11.3 Å². The number of primary amides is 2. The highest BCUT2D eigenvalue weighted by molar-refractivity contribution is 6.58. The first-order valence-electron chi connectivity index (χ1n) is 16.0. The van der Waals surface area contributed by atoms with Gasteiger partial charge in [-0.1, -0.05) is 76.2 Å². The van der Waals surface area contributed by atoms with Gasteiger partial charge in [0, 0.05) is 18.4 Å². The summed E-state index contributed by atoms with van der Waals surface area (Å²) in [6, 6.07) is 20.7. The van der Waals surface area contributed by atoms with E-state index in [1.165, 1.54) is 0 Å². The Labute approximate surface area is 288 Å². The molecule has 16 heteroatoms. The van der Waals surface area contributed by atoms with E-state index in [-0.39, 0.29) is 23.2 Å². The second kappa shape index (κ2) is 15.0. The van der Waals surface area contributed by atoms with Crippen LogP contribution in [0.5, 0.6) is 0 Å². The van der Waals surface area contributed by atoms with Gasteiger partial charge >= 0.3 is 14.2 Å². The van der Waals surface area contributed by atoms with Gasteiger partial charge in [-0.05, 0) is 46.3 Å². The molecule has 6 rings (SSSR count). The fourth-order valence-electron chi connectivity index (χ4n) is 5.48. The molecule has 2 amide bonds. The summed E-state index contributed by atoms with van der Waals surface area (Å²) < 4.78 is 4.00. The SMILES string of the molecule is CC(C)c1nc2ccc(C(N)=O)nc2n1Cc1ccc(B(O)O)cc1.CC(C)c1nc2nc(C(N)=O)ccc2n1Cc1ccc(B(O)O)cc1. The standard InChI is InChI=1S/2C17H19BN4O3/c1-10(2)17-21-16-14(8-7-13(20-16)15(19)23)22(17)9-11-3-5-12(6-4-11)18(24)25;1-10(2)16-21-14-8-7-13(15(19)23)20-17(14)22(16)9-11-3-5-12(6-4-11)18(24)25/h2*3-8,10,24-25H,9H2,1-2H3,(H2,19,23). The predicted molar refractivity (Wildman–Crippen MR) is 191 cm³/mol. The second-order valence-corrected chi connectivity index (χ2v) is 12.5. The van der Waals surface area contributed by atoms with E-state index in [1.807, 2.05) is 61.1 Å². The minimum absolute atomic E-state index is 0.171. The molecule has 0 aliphatic carbocycles. The van der Waals surface area contributed by atoms with Crippen molar-refractivity contribution in [3.05, 3.63) is 107 Å². The first-order chi connectivity index (χ1) is 23.7. The molecule has 8 N–H and O–H groups in total. The van der Waals surface area contributed by atoms with Crippen LogP contribution in [0.1, 0.15) is 83.3 Å². The molecule has 6 aromatic rings. The van der Waals surface area contributed by atoms with Crippen LogP contribution in [0.15, 0.2) is 72.8 Å². The third kappa shape index (κ3) is 7.90.